The third kappa shape index (κ3) is 4.78. The van der Waals surface area contributed by atoms with Gasteiger partial charge >= 0.3 is 5.97 Å². The third-order valence-corrected chi connectivity index (χ3v) is 5.15. The molecule has 8 heteroatoms. The molecule has 0 radical (unpaired) electrons. The SMILES string of the molecule is CC(C)CC(=O)NC(C(=O)Nc1nc2c(s1)CCC2C(=O)O)C(C)C. The number of anilines is 1. The summed E-state index contributed by atoms with van der Waals surface area (Å²) in [7, 11) is 0. The highest BCUT2D eigenvalue weighted by molar-refractivity contribution is 7.16. The second-order valence-electron chi connectivity index (χ2n) is 7.13. The monoisotopic (exact) mass is 367 g/mol. The van der Waals surface area contributed by atoms with Crippen molar-refractivity contribution in [3.05, 3.63) is 10.6 Å². The summed E-state index contributed by atoms with van der Waals surface area (Å²) in [6, 6.07) is -0.653. The van der Waals surface area contributed by atoms with Crippen LogP contribution < -0.4 is 10.6 Å². The van der Waals surface area contributed by atoms with Gasteiger partial charge in [0.2, 0.25) is 11.8 Å². The van der Waals surface area contributed by atoms with E-state index in [2.05, 4.69) is 15.6 Å². The van der Waals surface area contributed by atoms with E-state index in [0.29, 0.717) is 30.1 Å². The number of rotatable bonds is 7. The molecule has 0 aliphatic heterocycles. The van der Waals surface area contributed by atoms with E-state index in [1.54, 1.807) is 0 Å². The number of hydrogen-bond donors (Lipinski definition) is 3. The first-order valence-corrected chi connectivity index (χ1v) is 9.33. The molecule has 1 aromatic rings. The number of carbonyl (C=O) groups is 3. The molecule has 7 nitrogen and oxygen atoms in total. The summed E-state index contributed by atoms with van der Waals surface area (Å²) in [6.07, 6.45) is 1.58. The van der Waals surface area contributed by atoms with Crippen molar-refractivity contribution >= 4 is 34.3 Å². The van der Waals surface area contributed by atoms with Crippen LogP contribution in [0.25, 0.3) is 0 Å². The lowest BCUT2D eigenvalue weighted by molar-refractivity contribution is -0.138. The fourth-order valence-corrected chi connectivity index (χ4v) is 3.88. The van der Waals surface area contributed by atoms with E-state index in [-0.39, 0.29) is 23.7 Å². The molecule has 2 rings (SSSR count). The summed E-state index contributed by atoms with van der Waals surface area (Å²) in [4.78, 5) is 41.0. The number of aromatic nitrogens is 1. The van der Waals surface area contributed by atoms with Crippen LogP contribution in [0.2, 0.25) is 0 Å². The molecule has 1 aliphatic carbocycles. The maximum absolute atomic E-state index is 12.5. The predicted octanol–water partition coefficient (Wildman–Crippen LogP) is 2.38. The first-order valence-electron chi connectivity index (χ1n) is 8.51. The van der Waals surface area contributed by atoms with Gasteiger partial charge in [-0.05, 0) is 24.7 Å². The second kappa shape index (κ2) is 7.95. The lowest BCUT2D eigenvalue weighted by atomic mass is 10.0. The lowest BCUT2D eigenvalue weighted by Gasteiger charge is -2.21. The molecule has 0 bridgehead atoms. The minimum atomic E-state index is -0.886. The Hall–Kier alpha value is -1.96. The maximum atomic E-state index is 12.5. The number of hydrogen-bond acceptors (Lipinski definition) is 5. The van der Waals surface area contributed by atoms with Crippen molar-refractivity contribution in [2.45, 2.75) is 58.9 Å². The summed E-state index contributed by atoms with van der Waals surface area (Å²) in [5.41, 5.74) is 0.553. The number of aliphatic carboxylic acids is 1. The van der Waals surface area contributed by atoms with Gasteiger partial charge in [0.1, 0.15) is 12.0 Å². The van der Waals surface area contributed by atoms with Crippen LogP contribution in [0.1, 0.15) is 57.0 Å². The van der Waals surface area contributed by atoms with Crippen LogP contribution >= 0.6 is 11.3 Å². The van der Waals surface area contributed by atoms with E-state index < -0.39 is 17.9 Å². The van der Waals surface area contributed by atoms with Crippen molar-refractivity contribution < 1.29 is 19.5 Å². The van der Waals surface area contributed by atoms with Gasteiger partial charge in [-0.25, -0.2) is 4.98 Å². The number of carbonyl (C=O) groups excluding carboxylic acids is 2. The van der Waals surface area contributed by atoms with Crippen LogP contribution in [0.5, 0.6) is 0 Å². The maximum Gasteiger partial charge on any atom is 0.312 e. The number of aryl methyl sites for hydroxylation is 1. The molecule has 1 aliphatic rings. The van der Waals surface area contributed by atoms with Gasteiger partial charge in [0.05, 0.1) is 5.69 Å². The first-order chi connectivity index (χ1) is 11.7. The molecule has 2 amide bonds. The Morgan fingerprint density at radius 1 is 1.28 bits per heavy atom. The van der Waals surface area contributed by atoms with Crippen LogP contribution in [-0.4, -0.2) is 33.9 Å². The van der Waals surface area contributed by atoms with Gasteiger partial charge in [-0.15, -0.1) is 11.3 Å². The molecule has 1 heterocycles. The van der Waals surface area contributed by atoms with Gasteiger partial charge in [0.25, 0.3) is 0 Å². The highest BCUT2D eigenvalue weighted by atomic mass is 32.1. The van der Waals surface area contributed by atoms with Crippen LogP contribution in [0.3, 0.4) is 0 Å². The summed E-state index contributed by atoms with van der Waals surface area (Å²) < 4.78 is 0. The molecule has 0 saturated carbocycles. The molecule has 1 aromatic heterocycles. The number of fused-ring (bicyclic) bond motifs is 1. The Labute approximate surface area is 151 Å². The molecule has 0 saturated heterocycles. The average Bonchev–Trinajstić information content (AvgIpc) is 3.02. The molecule has 0 spiro atoms. The molecule has 25 heavy (non-hydrogen) atoms. The highest BCUT2D eigenvalue weighted by Gasteiger charge is 2.33. The van der Waals surface area contributed by atoms with Crippen LogP contribution in [0.15, 0.2) is 0 Å². The largest absolute Gasteiger partial charge is 0.481 e. The third-order valence-electron chi connectivity index (χ3n) is 4.11. The van der Waals surface area contributed by atoms with E-state index in [0.717, 1.165) is 4.88 Å². The van der Waals surface area contributed by atoms with Gasteiger partial charge in [-0.2, -0.15) is 0 Å². The Kier molecular flexibility index (Phi) is 6.16. The Bertz CT molecular complexity index is 669. The summed E-state index contributed by atoms with van der Waals surface area (Å²) in [5.74, 6) is -1.82. The molecule has 0 fully saturated rings. The van der Waals surface area contributed by atoms with E-state index in [9.17, 15) is 19.5 Å². The number of carboxylic acids is 1. The predicted molar refractivity (Wildman–Crippen MR) is 95.7 cm³/mol. The number of carboxylic acid groups (broad SMARTS) is 1. The Morgan fingerprint density at radius 2 is 1.96 bits per heavy atom. The van der Waals surface area contributed by atoms with Crippen LogP contribution in [-0.2, 0) is 20.8 Å². The topological polar surface area (TPSA) is 108 Å². The Morgan fingerprint density at radius 3 is 2.52 bits per heavy atom. The normalized spacial score (nSPS) is 17.4. The minimum Gasteiger partial charge on any atom is -0.481 e. The van der Waals surface area contributed by atoms with Crippen LogP contribution in [0, 0.1) is 11.8 Å². The summed E-state index contributed by atoms with van der Waals surface area (Å²) in [5, 5.41) is 15.1. The van der Waals surface area contributed by atoms with E-state index in [1.807, 2.05) is 27.7 Å². The Balaban J connectivity index is 2.05. The van der Waals surface area contributed by atoms with Crippen molar-refractivity contribution in [2.75, 3.05) is 5.32 Å². The van der Waals surface area contributed by atoms with Crippen molar-refractivity contribution in [2.24, 2.45) is 11.8 Å². The number of nitrogens with zero attached hydrogens (tertiary/aromatic N) is 1. The second-order valence-corrected chi connectivity index (χ2v) is 8.22. The molecular weight excluding hydrogens is 342 g/mol. The minimum absolute atomic E-state index is 0.0744. The standard InChI is InChI=1S/C17H25N3O4S/c1-8(2)7-12(21)18-13(9(3)4)15(22)20-17-19-14-10(16(23)24)5-6-11(14)25-17/h8-10,13H,5-7H2,1-4H3,(H,18,21)(H,23,24)(H,19,20,22). The zero-order chi connectivity index (χ0) is 18.7. The van der Waals surface area contributed by atoms with Gasteiger partial charge in [-0.1, -0.05) is 27.7 Å². The molecule has 2 atom stereocenters. The lowest BCUT2D eigenvalue weighted by Crippen LogP contribution is -2.47. The summed E-state index contributed by atoms with van der Waals surface area (Å²) in [6.45, 7) is 7.62. The number of thiazole rings is 1. The fraction of sp³-hybridized carbons (Fsp3) is 0.647. The number of nitrogens with one attached hydrogen (secondary N) is 2. The molecule has 0 aromatic carbocycles. The van der Waals surface area contributed by atoms with Gasteiger partial charge in [-0.3, -0.25) is 14.4 Å². The van der Waals surface area contributed by atoms with Gasteiger partial charge in [0.15, 0.2) is 5.13 Å². The van der Waals surface area contributed by atoms with E-state index >= 15 is 0 Å². The molecule has 2 unspecified atom stereocenters. The molecule has 3 N–H and O–H groups in total. The fourth-order valence-electron chi connectivity index (χ4n) is 2.84. The van der Waals surface area contributed by atoms with Crippen molar-refractivity contribution in [3.8, 4) is 0 Å². The van der Waals surface area contributed by atoms with E-state index in [1.165, 1.54) is 11.3 Å². The highest BCUT2D eigenvalue weighted by Crippen LogP contribution is 2.38. The quantitative estimate of drug-likeness (QED) is 0.686. The zero-order valence-corrected chi connectivity index (χ0v) is 15.8. The smallest absolute Gasteiger partial charge is 0.312 e. The molecular formula is C17H25N3O4S. The van der Waals surface area contributed by atoms with Gasteiger partial charge in [0, 0.05) is 11.3 Å². The first kappa shape index (κ1) is 19.4. The van der Waals surface area contributed by atoms with Crippen molar-refractivity contribution in [1.82, 2.24) is 10.3 Å². The van der Waals surface area contributed by atoms with Crippen molar-refractivity contribution in [3.63, 3.8) is 0 Å². The summed E-state index contributed by atoms with van der Waals surface area (Å²) >= 11 is 1.31. The number of amides is 2. The average molecular weight is 367 g/mol. The van der Waals surface area contributed by atoms with Crippen molar-refractivity contribution in [1.29, 1.82) is 0 Å². The van der Waals surface area contributed by atoms with Crippen LogP contribution in [0.4, 0.5) is 5.13 Å². The van der Waals surface area contributed by atoms with E-state index in [4.69, 9.17) is 0 Å². The molecule has 138 valence electrons. The zero-order valence-electron chi connectivity index (χ0n) is 15.0. The van der Waals surface area contributed by atoms with Gasteiger partial charge < -0.3 is 15.7 Å².